The van der Waals surface area contributed by atoms with E-state index in [2.05, 4.69) is 4.98 Å². The average Bonchev–Trinajstić information content (AvgIpc) is 2.98. The highest BCUT2D eigenvalue weighted by molar-refractivity contribution is 7.89. The maximum atomic E-state index is 12.5. The lowest BCUT2D eigenvalue weighted by atomic mass is 10.1. The molecule has 0 aliphatic carbocycles. The molecule has 0 unspecified atom stereocenters. The van der Waals surface area contributed by atoms with Crippen molar-refractivity contribution in [3.05, 3.63) is 47.7 Å². The maximum absolute atomic E-state index is 12.5. The third-order valence-electron chi connectivity index (χ3n) is 3.46. The SMILES string of the molecule is O=C(NO)c1cc2c(o1)CN(S(=O)(=O)c1ccncc1)CC2. The van der Waals surface area contributed by atoms with Crippen molar-refractivity contribution in [2.45, 2.75) is 17.9 Å². The fourth-order valence-electron chi connectivity index (χ4n) is 2.33. The third kappa shape index (κ3) is 2.49. The summed E-state index contributed by atoms with van der Waals surface area (Å²) >= 11 is 0. The van der Waals surface area contributed by atoms with E-state index in [9.17, 15) is 13.2 Å². The molecule has 0 bridgehead atoms. The number of hydroxylamine groups is 1. The highest BCUT2D eigenvalue weighted by atomic mass is 32.2. The average molecular weight is 323 g/mol. The van der Waals surface area contributed by atoms with E-state index in [0.717, 1.165) is 5.56 Å². The summed E-state index contributed by atoms with van der Waals surface area (Å²) in [6, 6.07) is 4.37. The second kappa shape index (κ2) is 5.52. The first kappa shape index (κ1) is 14.7. The number of pyridine rings is 1. The van der Waals surface area contributed by atoms with Crippen LogP contribution in [0.1, 0.15) is 21.9 Å². The molecule has 3 rings (SSSR count). The normalized spacial score (nSPS) is 15.3. The number of amides is 1. The lowest BCUT2D eigenvalue weighted by Crippen LogP contribution is -2.35. The summed E-state index contributed by atoms with van der Waals surface area (Å²) in [6.07, 6.45) is 3.26. The molecule has 116 valence electrons. The van der Waals surface area contributed by atoms with Crippen molar-refractivity contribution in [3.63, 3.8) is 0 Å². The first-order valence-electron chi connectivity index (χ1n) is 6.48. The van der Waals surface area contributed by atoms with Crippen molar-refractivity contribution >= 4 is 15.9 Å². The van der Waals surface area contributed by atoms with Crippen LogP contribution in [-0.4, -0.2) is 35.4 Å². The Morgan fingerprint density at radius 3 is 2.77 bits per heavy atom. The van der Waals surface area contributed by atoms with Crippen LogP contribution < -0.4 is 5.48 Å². The Balaban J connectivity index is 1.88. The zero-order chi connectivity index (χ0) is 15.7. The second-order valence-corrected chi connectivity index (χ2v) is 6.71. The van der Waals surface area contributed by atoms with Crippen molar-refractivity contribution in [2.24, 2.45) is 0 Å². The van der Waals surface area contributed by atoms with E-state index in [1.807, 2.05) is 0 Å². The Labute approximate surface area is 126 Å². The molecule has 9 heteroatoms. The van der Waals surface area contributed by atoms with Gasteiger partial charge in [0.1, 0.15) is 5.76 Å². The van der Waals surface area contributed by atoms with Gasteiger partial charge < -0.3 is 4.42 Å². The van der Waals surface area contributed by atoms with Gasteiger partial charge in [-0.3, -0.25) is 15.0 Å². The topological polar surface area (TPSA) is 113 Å². The van der Waals surface area contributed by atoms with Gasteiger partial charge in [-0.05, 0) is 30.2 Å². The van der Waals surface area contributed by atoms with Gasteiger partial charge in [0.05, 0.1) is 11.4 Å². The number of aromatic nitrogens is 1. The van der Waals surface area contributed by atoms with Crippen molar-refractivity contribution in [2.75, 3.05) is 6.54 Å². The van der Waals surface area contributed by atoms with Crippen LogP contribution in [0.5, 0.6) is 0 Å². The fourth-order valence-corrected chi connectivity index (χ4v) is 3.71. The standard InChI is InChI=1S/C13H13N3O5S/c17-13(15-18)11-7-9-3-6-16(8-12(9)21-11)22(19,20)10-1-4-14-5-2-10/h1-2,4-5,7,18H,3,6,8H2,(H,15,17). The van der Waals surface area contributed by atoms with Crippen LogP contribution in [0, 0.1) is 0 Å². The van der Waals surface area contributed by atoms with E-state index < -0.39 is 15.9 Å². The smallest absolute Gasteiger partial charge is 0.310 e. The Kier molecular flexibility index (Phi) is 3.69. The van der Waals surface area contributed by atoms with Gasteiger partial charge in [0.25, 0.3) is 0 Å². The summed E-state index contributed by atoms with van der Waals surface area (Å²) in [6.45, 7) is 0.329. The molecule has 2 N–H and O–H groups in total. The number of carbonyl (C=O) groups excluding carboxylic acids is 1. The molecular formula is C13H13N3O5S. The number of hydrogen-bond donors (Lipinski definition) is 2. The predicted octanol–water partition coefficient (Wildman–Crippen LogP) is 0.541. The largest absolute Gasteiger partial charge is 0.454 e. The maximum Gasteiger partial charge on any atom is 0.310 e. The molecule has 0 saturated carbocycles. The van der Waals surface area contributed by atoms with E-state index in [1.54, 1.807) is 0 Å². The fraction of sp³-hybridized carbons (Fsp3) is 0.231. The quantitative estimate of drug-likeness (QED) is 0.630. The van der Waals surface area contributed by atoms with Gasteiger partial charge in [0.2, 0.25) is 10.0 Å². The first-order valence-corrected chi connectivity index (χ1v) is 7.92. The van der Waals surface area contributed by atoms with Crippen LogP contribution in [0.25, 0.3) is 0 Å². The Bertz CT molecular complexity index is 800. The summed E-state index contributed by atoms with van der Waals surface area (Å²) in [4.78, 5) is 15.3. The van der Waals surface area contributed by atoms with Crippen LogP contribution in [0.4, 0.5) is 0 Å². The summed E-state index contributed by atoms with van der Waals surface area (Å²) < 4.78 is 31.7. The number of nitrogens with zero attached hydrogens (tertiary/aromatic N) is 2. The van der Waals surface area contributed by atoms with Crippen molar-refractivity contribution < 1.29 is 22.8 Å². The molecule has 2 aromatic heterocycles. The predicted molar refractivity (Wildman–Crippen MR) is 73.5 cm³/mol. The minimum atomic E-state index is -3.64. The van der Waals surface area contributed by atoms with E-state index in [4.69, 9.17) is 9.62 Å². The number of nitrogens with one attached hydrogen (secondary N) is 1. The highest BCUT2D eigenvalue weighted by Crippen LogP contribution is 2.27. The van der Waals surface area contributed by atoms with E-state index in [-0.39, 0.29) is 23.7 Å². The van der Waals surface area contributed by atoms with Crippen LogP contribution in [0.2, 0.25) is 0 Å². The molecule has 1 aliphatic heterocycles. The first-order chi connectivity index (χ1) is 10.5. The molecule has 3 heterocycles. The van der Waals surface area contributed by atoms with E-state index >= 15 is 0 Å². The Morgan fingerprint density at radius 1 is 1.36 bits per heavy atom. The lowest BCUT2D eigenvalue weighted by Gasteiger charge is -2.25. The van der Waals surface area contributed by atoms with Gasteiger partial charge in [0, 0.05) is 18.9 Å². The Hall–Kier alpha value is -2.23. The van der Waals surface area contributed by atoms with Crippen molar-refractivity contribution in [1.29, 1.82) is 0 Å². The monoisotopic (exact) mass is 323 g/mol. The molecule has 0 aromatic carbocycles. The number of hydrogen-bond acceptors (Lipinski definition) is 6. The second-order valence-electron chi connectivity index (χ2n) is 4.77. The van der Waals surface area contributed by atoms with Gasteiger partial charge in [0.15, 0.2) is 5.76 Å². The highest BCUT2D eigenvalue weighted by Gasteiger charge is 2.31. The number of sulfonamides is 1. The van der Waals surface area contributed by atoms with Crippen LogP contribution in [-0.2, 0) is 23.0 Å². The summed E-state index contributed by atoms with van der Waals surface area (Å²) in [5, 5.41) is 8.61. The number of fused-ring (bicyclic) bond motifs is 1. The van der Waals surface area contributed by atoms with Crippen LogP contribution in [0.15, 0.2) is 39.9 Å². The van der Waals surface area contributed by atoms with Crippen molar-refractivity contribution in [3.8, 4) is 0 Å². The molecule has 0 atom stereocenters. The molecule has 0 fully saturated rings. The summed E-state index contributed by atoms with van der Waals surface area (Å²) in [7, 11) is -3.64. The lowest BCUT2D eigenvalue weighted by molar-refractivity contribution is 0.0673. The van der Waals surface area contributed by atoms with E-state index in [0.29, 0.717) is 12.2 Å². The molecule has 8 nitrogen and oxygen atoms in total. The summed E-state index contributed by atoms with van der Waals surface area (Å²) in [5.41, 5.74) is 2.25. The number of rotatable bonds is 3. The summed E-state index contributed by atoms with van der Waals surface area (Å²) in [5.74, 6) is -0.406. The zero-order valence-corrected chi connectivity index (χ0v) is 12.2. The van der Waals surface area contributed by atoms with Gasteiger partial charge in [-0.2, -0.15) is 4.31 Å². The van der Waals surface area contributed by atoms with Crippen molar-refractivity contribution in [1.82, 2.24) is 14.8 Å². The molecule has 0 radical (unpaired) electrons. The molecule has 2 aromatic rings. The number of furan rings is 1. The zero-order valence-electron chi connectivity index (χ0n) is 11.4. The molecular weight excluding hydrogens is 310 g/mol. The molecule has 1 aliphatic rings. The van der Waals surface area contributed by atoms with Gasteiger partial charge in [-0.25, -0.2) is 13.9 Å². The number of carbonyl (C=O) groups is 1. The van der Waals surface area contributed by atoms with Gasteiger partial charge >= 0.3 is 5.91 Å². The third-order valence-corrected chi connectivity index (χ3v) is 5.32. The molecule has 0 saturated heterocycles. The van der Waals surface area contributed by atoms with Gasteiger partial charge in [-0.1, -0.05) is 0 Å². The van der Waals surface area contributed by atoms with Crippen LogP contribution >= 0.6 is 0 Å². The minimum absolute atomic E-state index is 0.0404. The van der Waals surface area contributed by atoms with E-state index in [1.165, 1.54) is 40.4 Å². The minimum Gasteiger partial charge on any atom is -0.454 e. The molecule has 22 heavy (non-hydrogen) atoms. The van der Waals surface area contributed by atoms with Gasteiger partial charge in [-0.15, -0.1) is 0 Å². The van der Waals surface area contributed by atoms with Crippen LogP contribution in [0.3, 0.4) is 0 Å². The Morgan fingerprint density at radius 2 is 2.09 bits per heavy atom. The molecule has 0 spiro atoms. The molecule has 1 amide bonds.